The lowest BCUT2D eigenvalue weighted by Crippen LogP contribution is -2.21. The topological polar surface area (TPSA) is 55.4 Å². The molecule has 0 fully saturated rings. The quantitative estimate of drug-likeness (QED) is 0.602. The highest BCUT2D eigenvalue weighted by Crippen LogP contribution is 2.26. The van der Waals surface area contributed by atoms with Crippen molar-refractivity contribution in [3.63, 3.8) is 0 Å². The molecule has 0 saturated heterocycles. The zero-order valence-corrected chi connectivity index (χ0v) is 14.6. The standard InChI is InChI=1S/C21H23NO3/c1-3-16(2)18-11-7-8-12-19(18)22-20(23)15-25-21(24)14-13-17-9-5-4-6-10-17/h4-14,16H,3,15H2,1-2H3,(H,22,23)/b14-13+/t16-/m1/s1. The van der Waals surface area contributed by atoms with Crippen LogP contribution in [-0.2, 0) is 14.3 Å². The average Bonchev–Trinajstić information content (AvgIpc) is 2.65. The Kier molecular flexibility index (Phi) is 6.96. The molecule has 0 saturated carbocycles. The van der Waals surface area contributed by atoms with Gasteiger partial charge in [-0.25, -0.2) is 4.79 Å². The predicted octanol–water partition coefficient (Wildman–Crippen LogP) is 4.40. The molecule has 0 aliphatic rings. The first-order chi connectivity index (χ1) is 12.1. The molecule has 4 heteroatoms. The van der Waals surface area contributed by atoms with Crippen LogP contribution in [-0.4, -0.2) is 18.5 Å². The smallest absolute Gasteiger partial charge is 0.331 e. The number of amides is 1. The second kappa shape index (κ2) is 9.42. The van der Waals surface area contributed by atoms with Crippen LogP contribution in [0.25, 0.3) is 6.08 Å². The molecule has 2 aromatic rings. The molecular weight excluding hydrogens is 314 g/mol. The van der Waals surface area contributed by atoms with E-state index in [4.69, 9.17) is 4.74 Å². The van der Waals surface area contributed by atoms with Crippen molar-refractivity contribution in [2.24, 2.45) is 0 Å². The van der Waals surface area contributed by atoms with Crippen LogP contribution in [0.5, 0.6) is 0 Å². The van der Waals surface area contributed by atoms with Crippen LogP contribution in [0.1, 0.15) is 37.3 Å². The number of carbonyl (C=O) groups is 2. The maximum Gasteiger partial charge on any atom is 0.331 e. The number of hydrogen-bond donors (Lipinski definition) is 1. The Morgan fingerprint density at radius 3 is 2.48 bits per heavy atom. The Morgan fingerprint density at radius 1 is 1.08 bits per heavy atom. The fourth-order valence-electron chi connectivity index (χ4n) is 2.36. The average molecular weight is 337 g/mol. The van der Waals surface area contributed by atoms with E-state index in [1.165, 1.54) is 6.08 Å². The van der Waals surface area contributed by atoms with Gasteiger partial charge in [0.25, 0.3) is 5.91 Å². The summed E-state index contributed by atoms with van der Waals surface area (Å²) < 4.78 is 4.99. The number of anilines is 1. The van der Waals surface area contributed by atoms with Crippen LogP contribution in [0, 0.1) is 0 Å². The van der Waals surface area contributed by atoms with Gasteiger partial charge < -0.3 is 10.1 Å². The number of para-hydroxylation sites is 1. The minimum atomic E-state index is -0.547. The van der Waals surface area contributed by atoms with Crippen molar-refractivity contribution < 1.29 is 14.3 Å². The van der Waals surface area contributed by atoms with Gasteiger partial charge in [0.15, 0.2) is 6.61 Å². The molecule has 0 unspecified atom stereocenters. The Balaban J connectivity index is 1.87. The van der Waals surface area contributed by atoms with Gasteiger partial charge in [0.2, 0.25) is 0 Å². The molecule has 1 atom stereocenters. The zero-order valence-electron chi connectivity index (χ0n) is 14.6. The third kappa shape index (κ3) is 5.92. The summed E-state index contributed by atoms with van der Waals surface area (Å²) in [6.07, 6.45) is 3.94. The van der Waals surface area contributed by atoms with Gasteiger partial charge in [-0.15, -0.1) is 0 Å². The molecule has 0 aromatic heterocycles. The lowest BCUT2D eigenvalue weighted by atomic mass is 9.97. The van der Waals surface area contributed by atoms with E-state index < -0.39 is 5.97 Å². The summed E-state index contributed by atoms with van der Waals surface area (Å²) in [4.78, 5) is 23.7. The van der Waals surface area contributed by atoms with Crippen LogP contribution < -0.4 is 5.32 Å². The zero-order chi connectivity index (χ0) is 18.1. The molecule has 0 aliphatic carbocycles. The van der Waals surface area contributed by atoms with Crippen LogP contribution in [0.15, 0.2) is 60.7 Å². The minimum absolute atomic E-state index is 0.313. The first-order valence-electron chi connectivity index (χ1n) is 8.38. The molecule has 2 rings (SSSR count). The fourth-order valence-corrected chi connectivity index (χ4v) is 2.36. The van der Waals surface area contributed by atoms with Gasteiger partial charge in [-0.2, -0.15) is 0 Å². The maximum atomic E-state index is 12.0. The van der Waals surface area contributed by atoms with Crippen molar-refractivity contribution in [1.29, 1.82) is 0 Å². The van der Waals surface area contributed by atoms with Gasteiger partial charge in [0.1, 0.15) is 0 Å². The van der Waals surface area contributed by atoms with Crippen molar-refractivity contribution in [3.8, 4) is 0 Å². The number of carbonyl (C=O) groups excluding carboxylic acids is 2. The molecule has 0 heterocycles. The van der Waals surface area contributed by atoms with E-state index in [0.717, 1.165) is 23.2 Å². The summed E-state index contributed by atoms with van der Waals surface area (Å²) in [5.74, 6) is -0.556. The third-order valence-electron chi connectivity index (χ3n) is 3.94. The van der Waals surface area contributed by atoms with Gasteiger partial charge in [-0.05, 0) is 35.6 Å². The number of esters is 1. The summed E-state index contributed by atoms with van der Waals surface area (Å²) in [5, 5.41) is 2.81. The molecule has 4 nitrogen and oxygen atoms in total. The van der Waals surface area contributed by atoms with E-state index >= 15 is 0 Å². The fraction of sp³-hybridized carbons (Fsp3) is 0.238. The number of rotatable bonds is 7. The normalized spacial score (nSPS) is 11.9. The highest BCUT2D eigenvalue weighted by atomic mass is 16.5. The molecule has 130 valence electrons. The number of benzene rings is 2. The largest absolute Gasteiger partial charge is 0.452 e. The van der Waals surface area contributed by atoms with E-state index in [1.54, 1.807) is 6.08 Å². The molecule has 1 amide bonds. The van der Waals surface area contributed by atoms with Crippen LogP contribution >= 0.6 is 0 Å². The van der Waals surface area contributed by atoms with E-state index in [2.05, 4.69) is 19.2 Å². The van der Waals surface area contributed by atoms with Gasteiger partial charge in [0.05, 0.1) is 0 Å². The van der Waals surface area contributed by atoms with Gasteiger partial charge in [-0.1, -0.05) is 62.4 Å². The second-order valence-electron chi connectivity index (χ2n) is 5.80. The van der Waals surface area contributed by atoms with Gasteiger partial charge in [0, 0.05) is 11.8 Å². The minimum Gasteiger partial charge on any atom is -0.452 e. The Labute approximate surface area is 148 Å². The van der Waals surface area contributed by atoms with Crippen molar-refractivity contribution in [3.05, 3.63) is 71.8 Å². The predicted molar refractivity (Wildman–Crippen MR) is 100 cm³/mol. The monoisotopic (exact) mass is 337 g/mol. The van der Waals surface area contributed by atoms with Crippen molar-refractivity contribution in [1.82, 2.24) is 0 Å². The van der Waals surface area contributed by atoms with Crippen molar-refractivity contribution in [2.45, 2.75) is 26.2 Å². The lowest BCUT2D eigenvalue weighted by Gasteiger charge is -2.15. The summed E-state index contributed by atoms with van der Waals surface area (Å²) in [6.45, 7) is 3.90. The van der Waals surface area contributed by atoms with E-state index in [0.29, 0.717) is 5.92 Å². The van der Waals surface area contributed by atoms with Crippen LogP contribution in [0.3, 0.4) is 0 Å². The van der Waals surface area contributed by atoms with Crippen LogP contribution in [0.2, 0.25) is 0 Å². The van der Waals surface area contributed by atoms with Crippen LogP contribution in [0.4, 0.5) is 5.69 Å². The molecule has 0 spiro atoms. The SMILES string of the molecule is CC[C@@H](C)c1ccccc1NC(=O)COC(=O)/C=C/c1ccccc1. The Morgan fingerprint density at radius 2 is 1.76 bits per heavy atom. The van der Waals surface area contributed by atoms with Gasteiger partial charge in [-0.3, -0.25) is 4.79 Å². The van der Waals surface area contributed by atoms with E-state index in [9.17, 15) is 9.59 Å². The molecule has 1 N–H and O–H groups in total. The number of ether oxygens (including phenoxy) is 1. The second-order valence-corrected chi connectivity index (χ2v) is 5.80. The molecule has 2 aromatic carbocycles. The molecule has 0 bridgehead atoms. The Bertz CT molecular complexity index is 738. The van der Waals surface area contributed by atoms with Gasteiger partial charge >= 0.3 is 5.97 Å². The lowest BCUT2D eigenvalue weighted by molar-refractivity contribution is -0.142. The first-order valence-corrected chi connectivity index (χ1v) is 8.38. The Hall–Kier alpha value is -2.88. The van der Waals surface area contributed by atoms with Crippen molar-refractivity contribution >= 4 is 23.6 Å². The summed E-state index contributed by atoms with van der Waals surface area (Å²) in [7, 11) is 0. The number of nitrogens with one attached hydrogen (secondary N) is 1. The molecule has 0 aliphatic heterocycles. The van der Waals surface area contributed by atoms with E-state index in [-0.39, 0.29) is 12.5 Å². The maximum absolute atomic E-state index is 12.0. The third-order valence-corrected chi connectivity index (χ3v) is 3.94. The van der Waals surface area contributed by atoms with Crippen molar-refractivity contribution in [2.75, 3.05) is 11.9 Å². The summed E-state index contributed by atoms with van der Waals surface area (Å²) in [5.41, 5.74) is 2.73. The first kappa shape index (κ1) is 18.5. The summed E-state index contributed by atoms with van der Waals surface area (Å²) in [6, 6.07) is 17.1. The molecule has 0 radical (unpaired) electrons. The molecule has 25 heavy (non-hydrogen) atoms. The highest BCUT2D eigenvalue weighted by molar-refractivity contribution is 5.95. The molecular formula is C21H23NO3. The van der Waals surface area contributed by atoms with E-state index in [1.807, 2.05) is 54.6 Å². The summed E-state index contributed by atoms with van der Waals surface area (Å²) >= 11 is 0. The highest BCUT2D eigenvalue weighted by Gasteiger charge is 2.11. The number of hydrogen-bond acceptors (Lipinski definition) is 3.